The molecule has 0 saturated heterocycles. The zero-order chi connectivity index (χ0) is 12.2. The van der Waals surface area contributed by atoms with Crippen LogP contribution in [0.5, 0.6) is 0 Å². The zero-order valence-electron chi connectivity index (χ0n) is 9.83. The first kappa shape index (κ1) is 14.9. The van der Waals surface area contributed by atoms with Crippen molar-refractivity contribution in [2.45, 2.75) is 64.2 Å². The lowest BCUT2D eigenvalue weighted by Crippen LogP contribution is -1.96. The van der Waals surface area contributed by atoms with Gasteiger partial charge in [-0.25, -0.2) is 0 Å². The maximum atomic E-state index is 10.3. The lowest BCUT2D eigenvalue weighted by atomic mass is 10.1. The summed E-state index contributed by atoms with van der Waals surface area (Å²) in [6.07, 6.45) is 8.83. The van der Waals surface area contributed by atoms with Gasteiger partial charge in [-0.15, -0.1) is 0 Å². The molecule has 0 bridgehead atoms. The van der Waals surface area contributed by atoms with Gasteiger partial charge in [-0.05, 0) is 12.8 Å². The number of carbonyl (C=O) groups excluding carboxylic acids is 1. The monoisotopic (exact) mass is 228 g/mol. The third-order valence-electron chi connectivity index (χ3n) is 2.54. The summed E-state index contributed by atoms with van der Waals surface area (Å²) in [4.78, 5) is 20.5. The molecule has 0 aromatic heterocycles. The molecule has 4 heteroatoms. The van der Waals surface area contributed by atoms with Crippen LogP contribution in [0.3, 0.4) is 0 Å². The summed E-state index contributed by atoms with van der Waals surface area (Å²) in [6.45, 7) is 0. The Morgan fingerprint density at radius 2 is 1.12 bits per heavy atom. The van der Waals surface area contributed by atoms with Crippen molar-refractivity contribution in [3.05, 3.63) is 0 Å². The Hall–Kier alpha value is -1.06. The average molecular weight is 228 g/mol. The van der Waals surface area contributed by atoms with Crippen molar-refractivity contribution in [1.82, 2.24) is 5.73 Å². The highest BCUT2D eigenvalue weighted by Gasteiger charge is 1.97. The van der Waals surface area contributed by atoms with Gasteiger partial charge in [0.1, 0.15) is 0 Å². The van der Waals surface area contributed by atoms with Crippen LogP contribution in [-0.4, -0.2) is 17.0 Å². The van der Waals surface area contributed by atoms with Gasteiger partial charge in [0.2, 0.25) is 5.91 Å². The molecule has 0 fully saturated rings. The Morgan fingerprint density at radius 3 is 1.50 bits per heavy atom. The summed E-state index contributed by atoms with van der Waals surface area (Å²) in [5.74, 6) is -1.17. The fourth-order valence-electron chi connectivity index (χ4n) is 1.62. The second-order valence-electron chi connectivity index (χ2n) is 4.15. The molecular formula is C12H22NO3. The first-order valence-corrected chi connectivity index (χ1v) is 6.09. The number of nitrogens with one attached hydrogen (secondary N) is 1. The van der Waals surface area contributed by atoms with Gasteiger partial charge in [-0.1, -0.05) is 38.5 Å². The van der Waals surface area contributed by atoms with Gasteiger partial charge in [0.05, 0.1) is 0 Å². The number of unbranched alkanes of at least 4 members (excludes halogenated alkanes) is 7. The van der Waals surface area contributed by atoms with Crippen LogP contribution in [0, 0.1) is 0 Å². The molecule has 0 atom stereocenters. The number of aliphatic carboxylic acids is 1. The molecule has 0 rings (SSSR count). The van der Waals surface area contributed by atoms with Crippen molar-refractivity contribution >= 4 is 11.9 Å². The van der Waals surface area contributed by atoms with Crippen LogP contribution in [0.1, 0.15) is 64.2 Å². The van der Waals surface area contributed by atoms with E-state index in [2.05, 4.69) is 0 Å². The Balaban J connectivity index is 2.98. The predicted molar refractivity (Wildman–Crippen MR) is 61.9 cm³/mol. The SMILES string of the molecule is [NH]C(=O)CCCCCCCCCCC(=O)O. The second-order valence-corrected chi connectivity index (χ2v) is 4.15. The van der Waals surface area contributed by atoms with Gasteiger partial charge in [-0.2, -0.15) is 0 Å². The molecule has 0 saturated carbocycles. The number of carbonyl (C=O) groups is 2. The van der Waals surface area contributed by atoms with E-state index in [0.29, 0.717) is 6.42 Å². The van der Waals surface area contributed by atoms with E-state index in [-0.39, 0.29) is 6.42 Å². The van der Waals surface area contributed by atoms with Crippen LogP contribution in [0.25, 0.3) is 0 Å². The minimum atomic E-state index is -0.708. The summed E-state index contributed by atoms with van der Waals surface area (Å²) in [5.41, 5.74) is 6.72. The van der Waals surface area contributed by atoms with Crippen LogP contribution in [0.15, 0.2) is 0 Å². The van der Waals surface area contributed by atoms with Crippen LogP contribution >= 0.6 is 0 Å². The average Bonchev–Trinajstić information content (AvgIpc) is 2.20. The van der Waals surface area contributed by atoms with Crippen molar-refractivity contribution in [3.8, 4) is 0 Å². The fourth-order valence-corrected chi connectivity index (χ4v) is 1.62. The Bertz CT molecular complexity index is 182. The second kappa shape index (κ2) is 10.5. The summed E-state index contributed by atoms with van der Waals surface area (Å²) in [5, 5.41) is 8.42. The van der Waals surface area contributed by atoms with Crippen molar-refractivity contribution in [1.29, 1.82) is 0 Å². The van der Waals surface area contributed by atoms with Gasteiger partial charge in [0.15, 0.2) is 0 Å². The van der Waals surface area contributed by atoms with Gasteiger partial charge >= 0.3 is 5.97 Å². The highest BCUT2D eigenvalue weighted by molar-refractivity contribution is 5.72. The van der Waals surface area contributed by atoms with Crippen LogP contribution < -0.4 is 5.73 Å². The van der Waals surface area contributed by atoms with E-state index in [1.807, 2.05) is 0 Å². The minimum Gasteiger partial charge on any atom is -0.481 e. The Kier molecular flexibility index (Phi) is 9.76. The van der Waals surface area contributed by atoms with Crippen LogP contribution in [-0.2, 0) is 9.59 Å². The van der Waals surface area contributed by atoms with E-state index in [1.165, 1.54) is 0 Å². The number of carboxylic acids is 1. The highest BCUT2D eigenvalue weighted by Crippen LogP contribution is 2.10. The zero-order valence-corrected chi connectivity index (χ0v) is 9.83. The normalized spacial score (nSPS) is 10.2. The van der Waals surface area contributed by atoms with Gasteiger partial charge < -0.3 is 5.11 Å². The molecular weight excluding hydrogens is 206 g/mol. The molecule has 0 unspecified atom stereocenters. The van der Waals surface area contributed by atoms with Crippen molar-refractivity contribution < 1.29 is 14.7 Å². The molecule has 4 nitrogen and oxygen atoms in total. The quantitative estimate of drug-likeness (QED) is 0.552. The largest absolute Gasteiger partial charge is 0.481 e. The minimum absolute atomic E-state index is 0.283. The van der Waals surface area contributed by atoms with E-state index < -0.39 is 11.9 Å². The predicted octanol–water partition coefficient (Wildman–Crippen LogP) is 2.78. The van der Waals surface area contributed by atoms with E-state index in [0.717, 1.165) is 51.4 Å². The van der Waals surface area contributed by atoms with E-state index in [4.69, 9.17) is 10.8 Å². The summed E-state index contributed by atoms with van der Waals surface area (Å²) >= 11 is 0. The van der Waals surface area contributed by atoms with E-state index in [1.54, 1.807) is 0 Å². The number of hydrogen-bond acceptors (Lipinski definition) is 2. The molecule has 16 heavy (non-hydrogen) atoms. The standard InChI is InChI=1S/C12H22NO3/c13-11(14)9-7-5-3-1-2-4-6-8-10-12(15)16/h13H,1-10H2,(H,15,16). The molecule has 93 valence electrons. The molecule has 1 radical (unpaired) electrons. The maximum absolute atomic E-state index is 10.3. The molecule has 2 N–H and O–H groups in total. The molecule has 0 aliphatic carbocycles. The third-order valence-corrected chi connectivity index (χ3v) is 2.54. The Labute approximate surface area is 97.2 Å². The summed E-state index contributed by atoms with van der Waals surface area (Å²) < 4.78 is 0. The summed E-state index contributed by atoms with van der Waals surface area (Å²) in [7, 11) is 0. The number of rotatable bonds is 11. The third kappa shape index (κ3) is 12.9. The van der Waals surface area contributed by atoms with E-state index >= 15 is 0 Å². The lowest BCUT2D eigenvalue weighted by Gasteiger charge is -2.00. The molecule has 0 aliphatic rings. The first-order valence-electron chi connectivity index (χ1n) is 6.09. The molecule has 0 aromatic rings. The lowest BCUT2D eigenvalue weighted by molar-refractivity contribution is -0.137. The van der Waals surface area contributed by atoms with Crippen molar-refractivity contribution in [3.63, 3.8) is 0 Å². The molecule has 0 aromatic carbocycles. The number of hydrogen-bond donors (Lipinski definition) is 1. The van der Waals surface area contributed by atoms with Gasteiger partial charge in [0.25, 0.3) is 0 Å². The van der Waals surface area contributed by atoms with Crippen LogP contribution in [0.2, 0.25) is 0 Å². The topological polar surface area (TPSA) is 78.2 Å². The first-order chi connectivity index (χ1) is 7.63. The van der Waals surface area contributed by atoms with E-state index in [9.17, 15) is 9.59 Å². The number of carboxylic acid groups (broad SMARTS) is 1. The van der Waals surface area contributed by atoms with Crippen molar-refractivity contribution in [2.75, 3.05) is 0 Å². The summed E-state index contributed by atoms with van der Waals surface area (Å²) in [6, 6.07) is 0. The van der Waals surface area contributed by atoms with Gasteiger partial charge in [-0.3, -0.25) is 15.3 Å². The highest BCUT2D eigenvalue weighted by atomic mass is 16.4. The van der Waals surface area contributed by atoms with Crippen molar-refractivity contribution in [2.24, 2.45) is 0 Å². The van der Waals surface area contributed by atoms with Gasteiger partial charge in [0, 0.05) is 12.8 Å². The maximum Gasteiger partial charge on any atom is 0.303 e. The molecule has 0 spiro atoms. The fraction of sp³-hybridized carbons (Fsp3) is 0.833. The molecule has 0 aliphatic heterocycles. The molecule has 1 amide bonds. The van der Waals surface area contributed by atoms with Crippen LogP contribution in [0.4, 0.5) is 0 Å². The molecule has 0 heterocycles. The number of amides is 1. The smallest absolute Gasteiger partial charge is 0.303 e. The Morgan fingerprint density at radius 1 is 0.750 bits per heavy atom.